The molecule has 0 atom stereocenters. The Bertz CT molecular complexity index is 318. The molecule has 15 heavy (non-hydrogen) atoms. The number of hydrogen-bond donors (Lipinski definition) is 0. The van der Waals surface area contributed by atoms with Crippen molar-refractivity contribution in [1.82, 2.24) is 0 Å². The van der Waals surface area contributed by atoms with Crippen LogP contribution in [0.15, 0.2) is 24.3 Å². The second kappa shape index (κ2) is 6.23. The number of hydrogen-bond acceptors (Lipinski definition) is 2. The van der Waals surface area contributed by atoms with Crippen LogP contribution >= 0.6 is 0 Å². The van der Waals surface area contributed by atoms with E-state index < -0.39 is 0 Å². The second-order valence-corrected chi connectivity index (χ2v) is 3.56. The predicted molar refractivity (Wildman–Crippen MR) is 61.2 cm³/mol. The smallest absolute Gasteiger partial charge is 0.136 e. The number of ether oxygens (including phenoxy) is 1. The molecular weight excluding hydrogens is 188 g/mol. The molecule has 0 aromatic heterocycles. The Morgan fingerprint density at radius 1 is 1.33 bits per heavy atom. The van der Waals surface area contributed by atoms with Gasteiger partial charge in [-0.3, -0.25) is 4.79 Å². The highest BCUT2D eigenvalue weighted by atomic mass is 16.5. The van der Waals surface area contributed by atoms with Crippen molar-refractivity contribution >= 4 is 5.78 Å². The van der Waals surface area contributed by atoms with E-state index in [1.54, 1.807) is 0 Å². The van der Waals surface area contributed by atoms with Gasteiger partial charge in [-0.1, -0.05) is 26.0 Å². The minimum Gasteiger partial charge on any atom is -0.494 e. The molecule has 0 N–H and O–H groups in total. The largest absolute Gasteiger partial charge is 0.494 e. The maximum Gasteiger partial charge on any atom is 0.136 e. The number of carbonyl (C=O) groups excluding carboxylic acids is 1. The Hall–Kier alpha value is -1.31. The fourth-order valence-corrected chi connectivity index (χ4v) is 1.32. The topological polar surface area (TPSA) is 26.3 Å². The Kier molecular flexibility index (Phi) is 4.88. The maximum absolute atomic E-state index is 11.3. The maximum atomic E-state index is 11.3. The predicted octanol–water partition coefficient (Wildman–Crippen LogP) is 3.00. The summed E-state index contributed by atoms with van der Waals surface area (Å²) >= 11 is 0. The first-order chi connectivity index (χ1) is 7.26. The first kappa shape index (κ1) is 11.8. The Morgan fingerprint density at radius 3 is 2.80 bits per heavy atom. The molecule has 1 aromatic rings. The monoisotopic (exact) mass is 206 g/mol. The second-order valence-electron chi connectivity index (χ2n) is 3.56. The normalized spacial score (nSPS) is 10.0. The summed E-state index contributed by atoms with van der Waals surface area (Å²) < 4.78 is 5.50. The van der Waals surface area contributed by atoms with Crippen LogP contribution in [0.2, 0.25) is 0 Å². The fraction of sp³-hybridized carbons (Fsp3) is 0.462. The molecule has 0 aliphatic carbocycles. The van der Waals surface area contributed by atoms with Crippen LogP contribution in [0.25, 0.3) is 0 Å². The molecule has 1 aromatic carbocycles. The summed E-state index contributed by atoms with van der Waals surface area (Å²) in [6.45, 7) is 4.69. The van der Waals surface area contributed by atoms with E-state index in [-0.39, 0.29) is 5.78 Å². The third kappa shape index (κ3) is 4.15. The van der Waals surface area contributed by atoms with Gasteiger partial charge in [0.2, 0.25) is 0 Å². The van der Waals surface area contributed by atoms with Crippen LogP contribution in [0.4, 0.5) is 0 Å². The molecule has 0 amide bonds. The zero-order valence-electron chi connectivity index (χ0n) is 9.45. The molecule has 2 nitrogen and oxygen atoms in total. The molecule has 0 spiro atoms. The molecular formula is C13H18O2. The molecule has 0 aliphatic rings. The van der Waals surface area contributed by atoms with E-state index in [0.717, 1.165) is 24.3 Å². The lowest BCUT2D eigenvalue weighted by Crippen LogP contribution is -2.01. The van der Waals surface area contributed by atoms with Gasteiger partial charge < -0.3 is 4.74 Å². The van der Waals surface area contributed by atoms with Gasteiger partial charge in [0, 0.05) is 12.8 Å². The highest BCUT2D eigenvalue weighted by molar-refractivity contribution is 5.80. The van der Waals surface area contributed by atoms with E-state index in [0.29, 0.717) is 12.8 Å². The van der Waals surface area contributed by atoms with Crippen LogP contribution in [0.3, 0.4) is 0 Å². The van der Waals surface area contributed by atoms with Crippen molar-refractivity contribution in [1.29, 1.82) is 0 Å². The average Bonchev–Trinajstić information content (AvgIpc) is 2.26. The lowest BCUT2D eigenvalue weighted by Gasteiger charge is -2.06. The van der Waals surface area contributed by atoms with E-state index in [1.165, 1.54) is 0 Å². The Labute approximate surface area is 91.3 Å². The summed E-state index contributed by atoms with van der Waals surface area (Å²) in [7, 11) is 0. The summed E-state index contributed by atoms with van der Waals surface area (Å²) in [5, 5.41) is 0. The van der Waals surface area contributed by atoms with Crippen LogP contribution in [0.5, 0.6) is 5.75 Å². The van der Waals surface area contributed by atoms with E-state index in [9.17, 15) is 4.79 Å². The summed E-state index contributed by atoms with van der Waals surface area (Å²) in [4.78, 5) is 11.3. The minimum absolute atomic E-state index is 0.266. The standard InChI is InChI=1S/C13H18O2/c1-3-8-15-13-7-5-6-11(10-13)9-12(14)4-2/h5-7,10H,3-4,8-9H2,1-2H3. The molecule has 0 saturated carbocycles. The van der Waals surface area contributed by atoms with Gasteiger partial charge in [-0.25, -0.2) is 0 Å². The molecule has 0 heterocycles. The number of rotatable bonds is 6. The van der Waals surface area contributed by atoms with E-state index in [2.05, 4.69) is 6.92 Å². The van der Waals surface area contributed by atoms with Gasteiger partial charge >= 0.3 is 0 Å². The summed E-state index contributed by atoms with van der Waals surface area (Å²) in [5.41, 5.74) is 1.04. The van der Waals surface area contributed by atoms with E-state index >= 15 is 0 Å². The molecule has 2 heteroatoms. The van der Waals surface area contributed by atoms with Crippen molar-refractivity contribution in [3.63, 3.8) is 0 Å². The van der Waals surface area contributed by atoms with E-state index in [1.807, 2.05) is 31.2 Å². The quantitative estimate of drug-likeness (QED) is 0.715. The first-order valence-electron chi connectivity index (χ1n) is 5.49. The average molecular weight is 206 g/mol. The molecule has 82 valence electrons. The summed E-state index contributed by atoms with van der Waals surface area (Å²) in [6, 6.07) is 7.77. The number of ketones is 1. The number of carbonyl (C=O) groups is 1. The molecule has 0 aliphatic heterocycles. The van der Waals surface area contributed by atoms with Gasteiger partial charge in [-0.2, -0.15) is 0 Å². The van der Waals surface area contributed by atoms with Gasteiger partial charge in [0.25, 0.3) is 0 Å². The molecule has 0 unspecified atom stereocenters. The first-order valence-corrected chi connectivity index (χ1v) is 5.49. The number of Topliss-reactive ketones (excluding diaryl/α,β-unsaturated/α-hetero) is 1. The lowest BCUT2D eigenvalue weighted by atomic mass is 10.1. The Morgan fingerprint density at radius 2 is 2.13 bits per heavy atom. The van der Waals surface area contributed by atoms with Gasteiger partial charge in [0.15, 0.2) is 0 Å². The van der Waals surface area contributed by atoms with Gasteiger partial charge in [0.1, 0.15) is 11.5 Å². The highest BCUT2D eigenvalue weighted by Crippen LogP contribution is 2.14. The van der Waals surface area contributed by atoms with Crippen molar-refractivity contribution in [2.75, 3.05) is 6.61 Å². The number of benzene rings is 1. The summed E-state index contributed by atoms with van der Waals surface area (Å²) in [6.07, 6.45) is 2.11. The van der Waals surface area contributed by atoms with Crippen molar-refractivity contribution in [3.05, 3.63) is 29.8 Å². The van der Waals surface area contributed by atoms with Crippen molar-refractivity contribution in [2.45, 2.75) is 33.1 Å². The van der Waals surface area contributed by atoms with Gasteiger partial charge in [-0.05, 0) is 24.1 Å². The minimum atomic E-state index is 0.266. The molecule has 0 bridgehead atoms. The van der Waals surface area contributed by atoms with E-state index in [4.69, 9.17) is 4.74 Å². The van der Waals surface area contributed by atoms with Crippen molar-refractivity contribution in [2.24, 2.45) is 0 Å². The zero-order chi connectivity index (χ0) is 11.1. The van der Waals surface area contributed by atoms with Crippen LogP contribution in [0, 0.1) is 0 Å². The zero-order valence-corrected chi connectivity index (χ0v) is 9.45. The van der Waals surface area contributed by atoms with Gasteiger partial charge in [-0.15, -0.1) is 0 Å². The third-order valence-corrected chi connectivity index (χ3v) is 2.17. The van der Waals surface area contributed by atoms with Crippen LogP contribution in [-0.2, 0) is 11.2 Å². The van der Waals surface area contributed by atoms with Gasteiger partial charge in [0.05, 0.1) is 6.61 Å². The molecule has 1 rings (SSSR count). The van der Waals surface area contributed by atoms with Crippen LogP contribution in [0.1, 0.15) is 32.3 Å². The van der Waals surface area contributed by atoms with Crippen molar-refractivity contribution < 1.29 is 9.53 Å². The van der Waals surface area contributed by atoms with Crippen LogP contribution in [-0.4, -0.2) is 12.4 Å². The fourth-order valence-electron chi connectivity index (χ4n) is 1.32. The molecule has 0 radical (unpaired) electrons. The van der Waals surface area contributed by atoms with Crippen molar-refractivity contribution in [3.8, 4) is 5.75 Å². The summed E-state index contributed by atoms with van der Waals surface area (Å²) in [5.74, 6) is 1.13. The van der Waals surface area contributed by atoms with Crippen LogP contribution < -0.4 is 4.74 Å². The Balaban J connectivity index is 2.61. The molecule has 0 saturated heterocycles. The lowest BCUT2D eigenvalue weighted by molar-refractivity contribution is -0.118. The third-order valence-electron chi connectivity index (χ3n) is 2.17. The molecule has 0 fully saturated rings. The SMILES string of the molecule is CCCOc1cccc(CC(=O)CC)c1. The highest BCUT2D eigenvalue weighted by Gasteiger charge is 2.02.